The van der Waals surface area contributed by atoms with E-state index in [9.17, 15) is 9.50 Å². The fourth-order valence-electron chi connectivity index (χ4n) is 1.60. The van der Waals surface area contributed by atoms with Crippen molar-refractivity contribution in [1.82, 2.24) is 15.5 Å². The van der Waals surface area contributed by atoms with Gasteiger partial charge in [-0.05, 0) is 29.8 Å². The predicted molar refractivity (Wildman–Crippen MR) is 65.1 cm³/mol. The molecule has 0 aliphatic carbocycles. The highest BCUT2D eigenvalue weighted by molar-refractivity contribution is 5.19. The molecular weight excluding hydrogens is 233 g/mol. The second-order valence-electron chi connectivity index (χ2n) is 3.92. The van der Waals surface area contributed by atoms with Gasteiger partial charge in [-0.15, -0.1) is 0 Å². The SMILES string of the molecule is OC(CNCc1cccnn1)c1cccc(F)c1. The molecule has 0 radical (unpaired) electrons. The molecule has 0 aliphatic heterocycles. The topological polar surface area (TPSA) is 58.0 Å². The molecular formula is C13H14FN3O. The van der Waals surface area contributed by atoms with Gasteiger partial charge in [0, 0.05) is 19.3 Å². The highest BCUT2D eigenvalue weighted by Gasteiger charge is 2.07. The van der Waals surface area contributed by atoms with E-state index in [0.29, 0.717) is 18.7 Å². The van der Waals surface area contributed by atoms with E-state index >= 15 is 0 Å². The lowest BCUT2D eigenvalue weighted by Gasteiger charge is -2.11. The van der Waals surface area contributed by atoms with Crippen molar-refractivity contribution < 1.29 is 9.50 Å². The second-order valence-corrected chi connectivity index (χ2v) is 3.92. The van der Waals surface area contributed by atoms with E-state index in [1.54, 1.807) is 24.4 Å². The Bertz CT molecular complexity index is 493. The molecule has 1 unspecified atom stereocenters. The van der Waals surface area contributed by atoms with Crippen LogP contribution in [0.2, 0.25) is 0 Å². The first-order valence-corrected chi connectivity index (χ1v) is 5.66. The number of aliphatic hydroxyl groups is 1. The third kappa shape index (κ3) is 3.58. The summed E-state index contributed by atoms with van der Waals surface area (Å²) in [7, 11) is 0. The molecule has 1 aromatic carbocycles. The first-order valence-electron chi connectivity index (χ1n) is 5.66. The van der Waals surface area contributed by atoms with Crippen LogP contribution in [0, 0.1) is 5.82 Å². The highest BCUT2D eigenvalue weighted by atomic mass is 19.1. The number of nitrogens with zero attached hydrogens (tertiary/aromatic N) is 2. The normalized spacial score (nSPS) is 12.3. The lowest BCUT2D eigenvalue weighted by molar-refractivity contribution is 0.173. The van der Waals surface area contributed by atoms with Crippen LogP contribution in [0.3, 0.4) is 0 Å². The van der Waals surface area contributed by atoms with E-state index in [2.05, 4.69) is 15.5 Å². The van der Waals surface area contributed by atoms with Crippen LogP contribution in [0.1, 0.15) is 17.4 Å². The van der Waals surface area contributed by atoms with Gasteiger partial charge in [0.25, 0.3) is 0 Å². The Morgan fingerprint density at radius 2 is 2.17 bits per heavy atom. The number of hydrogen-bond acceptors (Lipinski definition) is 4. The van der Waals surface area contributed by atoms with Gasteiger partial charge in [-0.25, -0.2) is 4.39 Å². The standard InChI is InChI=1S/C13H14FN3O/c14-11-4-1-3-10(7-11)13(18)9-15-8-12-5-2-6-16-17-12/h1-7,13,15,18H,8-9H2. The van der Waals surface area contributed by atoms with Gasteiger partial charge < -0.3 is 10.4 Å². The summed E-state index contributed by atoms with van der Waals surface area (Å²) in [6, 6.07) is 9.59. The molecule has 4 nitrogen and oxygen atoms in total. The summed E-state index contributed by atoms with van der Waals surface area (Å²) in [6.07, 6.45) is 0.864. The number of halogens is 1. The van der Waals surface area contributed by atoms with Crippen LogP contribution in [0.4, 0.5) is 4.39 Å². The van der Waals surface area contributed by atoms with Gasteiger partial charge in [0.05, 0.1) is 11.8 Å². The van der Waals surface area contributed by atoms with E-state index < -0.39 is 6.10 Å². The van der Waals surface area contributed by atoms with Gasteiger partial charge in [0.15, 0.2) is 0 Å². The van der Waals surface area contributed by atoms with Gasteiger partial charge in [-0.1, -0.05) is 12.1 Å². The number of nitrogens with one attached hydrogen (secondary N) is 1. The van der Waals surface area contributed by atoms with Crippen LogP contribution in [0.5, 0.6) is 0 Å². The number of hydrogen-bond donors (Lipinski definition) is 2. The fourth-order valence-corrected chi connectivity index (χ4v) is 1.60. The fraction of sp³-hybridized carbons (Fsp3) is 0.231. The average Bonchev–Trinajstić information content (AvgIpc) is 2.40. The maximum atomic E-state index is 13.0. The molecule has 0 bridgehead atoms. The van der Waals surface area contributed by atoms with Gasteiger partial charge in [0.1, 0.15) is 5.82 Å². The van der Waals surface area contributed by atoms with Crippen LogP contribution in [0.15, 0.2) is 42.6 Å². The maximum absolute atomic E-state index is 13.0. The summed E-state index contributed by atoms with van der Waals surface area (Å²) in [5.74, 6) is -0.347. The van der Waals surface area contributed by atoms with Crippen LogP contribution in [-0.2, 0) is 6.54 Å². The lowest BCUT2D eigenvalue weighted by Crippen LogP contribution is -2.21. The molecule has 5 heteroatoms. The monoisotopic (exact) mass is 247 g/mol. The van der Waals surface area contributed by atoms with Crippen molar-refractivity contribution in [2.24, 2.45) is 0 Å². The van der Waals surface area contributed by atoms with Gasteiger partial charge >= 0.3 is 0 Å². The third-order valence-electron chi connectivity index (χ3n) is 2.50. The summed E-state index contributed by atoms with van der Waals surface area (Å²) in [5, 5.41) is 20.6. The van der Waals surface area contributed by atoms with E-state index in [4.69, 9.17) is 0 Å². The molecule has 94 valence electrons. The molecule has 0 aliphatic rings. The molecule has 2 N–H and O–H groups in total. The lowest BCUT2D eigenvalue weighted by atomic mass is 10.1. The molecule has 0 saturated carbocycles. The minimum absolute atomic E-state index is 0.333. The summed E-state index contributed by atoms with van der Waals surface area (Å²) in [6.45, 7) is 0.847. The maximum Gasteiger partial charge on any atom is 0.123 e. The summed E-state index contributed by atoms with van der Waals surface area (Å²) < 4.78 is 13.0. The zero-order chi connectivity index (χ0) is 12.8. The summed E-state index contributed by atoms with van der Waals surface area (Å²) in [5.41, 5.74) is 1.35. The Hall–Kier alpha value is -1.85. The smallest absolute Gasteiger partial charge is 0.123 e. The molecule has 1 heterocycles. The number of rotatable bonds is 5. The summed E-state index contributed by atoms with van der Waals surface area (Å²) >= 11 is 0. The number of aromatic nitrogens is 2. The van der Waals surface area contributed by atoms with E-state index in [1.165, 1.54) is 12.1 Å². The minimum Gasteiger partial charge on any atom is -0.387 e. The van der Waals surface area contributed by atoms with Crippen molar-refractivity contribution in [3.63, 3.8) is 0 Å². The Morgan fingerprint density at radius 1 is 1.28 bits per heavy atom. The second kappa shape index (κ2) is 6.18. The third-order valence-corrected chi connectivity index (χ3v) is 2.50. The Labute approximate surface area is 105 Å². The van der Waals surface area contributed by atoms with Crippen molar-refractivity contribution in [3.8, 4) is 0 Å². The first-order chi connectivity index (χ1) is 8.75. The first kappa shape index (κ1) is 12.6. The van der Waals surface area contributed by atoms with Crippen molar-refractivity contribution in [2.45, 2.75) is 12.6 Å². The molecule has 0 amide bonds. The van der Waals surface area contributed by atoms with Crippen molar-refractivity contribution in [3.05, 3.63) is 59.7 Å². The van der Waals surface area contributed by atoms with Gasteiger partial charge in [-0.2, -0.15) is 10.2 Å². The van der Waals surface area contributed by atoms with E-state index in [0.717, 1.165) is 5.69 Å². The molecule has 1 aromatic heterocycles. The average molecular weight is 247 g/mol. The largest absolute Gasteiger partial charge is 0.387 e. The molecule has 2 aromatic rings. The minimum atomic E-state index is -0.739. The van der Waals surface area contributed by atoms with Crippen molar-refractivity contribution >= 4 is 0 Å². The van der Waals surface area contributed by atoms with Crippen LogP contribution >= 0.6 is 0 Å². The molecule has 1 atom stereocenters. The molecule has 0 spiro atoms. The Kier molecular flexibility index (Phi) is 4.33. The van der Waals surface area contributed by atoms with Gasteiger partial charge in [0.2, 0.25) is 0 Å². The molecule has 2 rings (SSSR count). The number of benzene rings is 1. The van der Waals surface area contributed by atoms with E-state index in [1.807, 2.05) is 6.07 Å². The Morgan fingerprint density at radius 3 is 2.89 bits per heavy atom. The molecule has 0 fully saturated rings. The Balaban J connectivity index is 1.83. The highest BCUT2D eigenvalue weighted by Crippen LogP contribution is 2.12. The predicted octanol–water partition coefficient (Wildman–Crippen LogP) is 1.44. The van der Waals surface area contributed by atoms with E-state index in [-0.39, 0.29) is 5.82 Å². The van der Waals surface area contributed by atoms with Crippen molar-refractivity contribution in [1.29, 1.82) is 0 Å². The van der Waals surface area contributed by atoms with Crippen molar-refractivity contribution in [2.75, 3.05) is 6.54 Å². The van der Waals surface area contributed by atoms with Crippen LogP contribution in [0.25, 0.3) is 0 Å². The zero-order valence-corrected chi connectivity index (χ0v) is 9.75. The zero-order valence-electron chi connectivity index (χ0n) is 9.75. The quantitative estimate of drug-likeness (QED) is 0.839. The number of aliphatic hydroxyl groups excluding tert-OH is 1. The van der Waals surface area contributed by atoms with Gasteiger partial charge in [-0.3, -0.25) is 0 Å². The molecule has 0 saturated heterocycles. The van der Waals surface area contributed by atoms with Crippen LogP contribution in [-0.4, -0.2) is 21.8 Å². The summed E-state index contributed by atoms with van der Waals surface area (Å²) in [4.78, 5) is 0. The van der Waals surface area contributed by atoms with Crippen LogP contribution < -0.4 is 5.32 Å². The molecule has 18 heavy (non-hydrogen) atoms.